The minimum atomic E-state index is -3.47. The Balaban J connectivity index is 2.04. The molecule has 0 atom stereocenters. The molecule has 2 aromatic rings. The van der Waals surface area contributed by atoms with Gasteiger partial charge in [0.25, 0.3) is 0 Å². The van der Waals surface area contributed by atoms with E-state index in [0.717, 1.165) is 22.7 Å². The molecule has 0 aliphatic carbocycles. The van der Waals surface area contributed by atoms with E-state index in [1.165, 1.54) is 11.3 Å². The van der Waals surface area contributed by atoms with Gasteiger partial charge in [-0.25, -0.2) is 13.1 Å². The third-order valence-corrected chi connectivity index (χ3v) is 6.00. The van der Waals surface area contributed by atoms with Gasteiger partial charge >= 0.3 is 0 Å². The first kappa shape index (κ1) is 16.2. The van der Waals surface area contributed by atoms with Crippen molar-refractivity contribution in [1.82, 2.24) is 19.8 Å². The average molecular weight is 328 g/mol. The molecule has 0 fully saturated rings. The number of nitrogens with zero attached hydrogens (tertiary/aromatic N) is 2. The van der Waals surface area contributed by atoms with E-state index in [4.69, 9.17) is 0 Å². The summed E-state index contributed by atoms with van der Waals surface area (Å²) in [4.78, 5) is 1.01. The van der Waals surface area contributed by atoms with Crippen molar-refractivity contribution in [2.24, 2.45) is 7.05 Å². The first-order chi connectivity index (χ1) is 9.92. The summed E-state index contributed by atoms with van der Waals surface area (Å²) in [7, 11) is -1.65. The number of sulfonamides is 1. The monoisotopic (exact) mass is 328 g/mol. The van der Waals surface area contributed by atoms with Crippen LogP contribution in [0.1, 0.15) is 23.1 Å². The molecule has 0 saturated heterocycles. The number of aromatic nitrogens is 2. The zero-order chi connectivity index (χ0) is 15.5. The molecular formula is C13H20N4O2S2. The van der Waals surface area contributed by atoms with Crippen LogP contribution in [0.2, 0.25) is 0 Å². The Morgan fingerprint density at radius 2 is 2.10 bits per heavy atom. The summed E-state index contributed by atoms with van der Waals surface area (Å²) in [6.45, 7) is 5.69. The molecule has 6 nitrogen and oxygen atoms in total. The lowest BCUT2D eigenvalue weighted by Crippen LogP contribution is -2.22. The summed E-state index contributed by atoms with van der Waals surface area (Å²) >= 11 is 1.29. The molecule has 2 heterocycles. The van der Waals surface area contributed by atoms with Gasteiger partial charge in [-0.15, -0.1) is 11.3 Å². The molecule has 0 aromatic carbocycles. The van der Waals surface area contributed by atoms with Crippen molar-refractivity contribution in [2.45, 2.75) is 31.1 Å². The van der Waals surface area contributed by atoms with Gasteiger partial charge < -0.3 is 5.32 Å². The maximum Gasteiger partial charge on any atom is 0.250 e. The van der Waals surface area contributed by atoms with E-state index in [9.17, 15) is 8.42 Å². The van der Waals surface area contributed by atoms with Crippen LogP contribution in [0, 0.1) is 6.92 Å². The van der Waals surface area contributed by atoms with Gasteiger partial charge in [0.2, 0.25) is 10.0 Å². The third kappa shape index (κ3) is 4.13. The lowest BCUT2D eigenvalue weighted by molar-refractivity contribution is 0.583. The topological polar surface area (TPSA) is 76.0 Å². The molecule has 0 aliphatic heterocycles. The fraction of sp³-hybridized carbons (Fsp3) is 0.462. The fourth-order valence-corrected chi connectivity index (χ4v) is 4.29. The van der Waals surface area contributed by atoms with Gasteiger partial charge in [0.05, 0.1) is 5.69 Å². The molecule has 2 rings (SSSR count). The summed E-state index contributed by atoms with van der Waals surface area (Å²) in [5.41, 5.74) is 1.71. The van der Waals surface area contributed by atoms with Gasteiger partial charge in [-0.05, 0) is 25.6 Å². The second-order valence-electron chi connectivity index (χ2n) is 4.74. The lowest BCUT2D eigenvalue weighted by atomic mass is 10.3. The van der Waals surface area contributed by atoms with Crippen molar-refractivity contribution in [3.05, 3.63) is 34.5 Å². The molecule has 0 bridgehead atoms. The van der Waals surface area contributed by atoms with E-state index in [2.05, 4.69) is 15.1 Å². The molecular weight excluding hydrogens is 308 g/mol. The molecule has 21 heavy (non-hydrogen) atoms. The lowest BCUT2D eigenvalue weighted by Gasteiger charge is -2.03. The van der Waals surface area contributed by atoms with Gasteiger partial charge in [-0.2, -0.15) is 5.10 Å². The summed E-state index contributed by atoms with van der Waals surface area (Å²) in [5.74, 6) is 0. The Morgan fingerprint density at radius 1 is 1.33 bits per heavy atom. The number of hydrogen-bond donors (Lipinski definition) is 2. The van der Waals surface area contributed by atoms with Gasteiger partial charge in [0.1, 0.15) is 4.21 Å². The predicted octanol–water partition coefficient (Wildman–Crippen LogP) is 1.38. The van der Waals surface area contributed by atoms with Crippen LogP contribution < -0.4 is 10.0 Å². The van der Waals surface area contributed by atoms with Crippen LogP contribution in [-0.4, -0.2) is 24.7 Å². The first-order valence-corrected chi connectivity index (χ1v) is 9.00. The van der Waals surface area contributed by atoms with Crippen molar-refractivity contribution in [3.8, 4) is 0 Å². The molecule has 0 radical (unpaired) electrons. The molecule has 0 aliphatic rings. The minimum absolute atomic E-state index is 0.252. The Morgan fingerprint density at radius 3 is 2.71 bits per heavy atom. The van der Waals surface area contributed by atoms with Crippen LogP contribution in [0.4, 0.5) is 0 Å². The average Bonchev–Trinajstić information content (AvgIpc) is 3.01. The van der Waals surface area contributed by atoms with Crippen molar-refractivity contribution >= 4 is 21.4 Å². The minimum Gasteiger partial charge on any atom is -0.312 e. The van der Waals surface area contributed by atoms with Gasteiger partial charge in [-0.1, -0.05) is 6.92 Å². The second-order valence-corrected chi connectivity index (χ2v) is 7.90. The molecule has 8 heteroatoms. The number of thiophene rings is 1. The Hall–Kier alpha value is -1.22. The highest BCUT2D eigenvalue weighted by atomic mass is 32.2. The van der Waals surface area contributed by atoms with Crippen molar-refractivity contribution in [2.75, 3.05) is 6.54 Å². The molecule has 116 valence electrons. The van der Waals surface area contributed by atoms with Gasteiger partial charge in [-0.3, -0.25) is 4.68 Å². The molecule has 0 unspecified atom stereocenters. The van der Waals surface area contributed by atoms with E-state index in [1.54, 1.807) is 10.7 Å². The Kier molecular flexibility index (Phi) is 5.15. The SMILES string of the molecule is CCNCc1ccc(S(=O)(=O)NCc2cn(C)nc2C)s1. The molecule has 0 saturated carbocycles. The summed E-state index contributed by atoms with van der Waals surface area (Å²) in [6, 6.07) is 3.49. The van der Waals surface area contributed by atoms with Gasteiger partial charge in [0.15, 0.2) is 0 Å². The van der Waals surface area contributed by atoms with E-state index >= 15 is 0 Å². The molecule has 0 spiro atoms. The molecule has 0 amide bonds. The number of hydrogen-bond acceptors (Lipinski definition) is 5. The first-order valence-electron chi connectivity index (χ1n) is 6.70. The van der Waals surface area contributed by atoms with E-state index in [1.807, 2.05) is 33.2 Å². The van der Waals surface area contributed by atoms with Crippen LogP contribution in [0.3, 0.4) is 0 Å². The van der Waals surface area contributed by atoms with Gasteiger partial charge in [0, 0.05) is 36.8 Å². The van der Waals surface area contributed by atoms with Crippen LogP contribution in [0.25, 0.3) is 0 Å². The largest absolute Gasteiger partial charge is 0.312 e. The summed E-state index contributed by atoms with van der Waals surface area (Å²) in [5, 5.41) is 7.38. The number of nitrogens with one attached hydrogen (secondary N) is 2. The van der Waals surface area contributed by atoms with Crippen molar-refractivity contribution in [3.63, 3.8) is 0 Å². The van der Waals surface area contributed by atoms with Crippen molar-refractivity contribution < 1.29 is 8.42 Å². The van der Waals surface area contributed by atoms with Crippen LogP contribution >= 0.6 is 11.3 Å². The summed E-state index contributed by atoms with van der Waals surface area (Å²) < 4.78 is 29.2. The quantitative estimate of drug-likeness (QED) is 0.805. The zero-order valence-electron chi connectivity index (χ0n) is 12.4. The zero-order valence-corrected chi connectivity index (χ0v) is 14.0. The standard InChI is InChI=1S/C13H20N4O2S2/c1-4-14-8-12-5-6-13(20-12)21(18,19)15-7-11-9-17(3)16-10(11)2/h5-6,9,14-15H,4,7-8H2,1-3H3. The second kappa shape index (κ2) is 6.69. The number of rotatable bonds is 7. The smallest absolute Gasteiger partial charge is 0.250 e. The predicted molar refractivity (Wildman–Crippen MR) is 83.7 cm³/mol. The molecule has 2 N–H and O–H groups in total. The van der Waals surface area contributed by atoms with Crippen molar-refractivity contribution in [1.29, 1.82) is 0 Å². The van der Waals surface area contributed by atoms with Crippen LogP contribution in [0.5, 0.6) is 0 Å². The Bertz CT molecular complexity index is 704. The highest BCUT2D eigenvalue weighted by Crippen LogP contribution is 2.21. The maximum atomic E-state index is 12.3. The normalized spacial score (nSPS) is 12.0. The van der Waals surface area contributed by atoms with Crippen LogP contribution in [-0.2, 0) is 30.2 Å². The third-order valence-electron chi connectivity index (χ3n) is 3.02. The fourth-order valence-electron chi connectivity index (χ4n) is 1.91. The van der Waals surface area contributed by atoms with Crippen LogP contribution in [0.15, 0.2) is 22.5 Å². The number of aryl methyl sites for hydroxylation is 2. The summed E-state index contributed by atoms with van der Waals surface area (Å²) in [6.07, 6.45) is 1.82. The Labute approximate surface area is 129 Å². The maximum absolute atomic E-state index is 12.3. The highest BCUT2D eigenvalue weighted by Gasteiger charge is 2.17. The van der Waals surface area contributed by atoms with E-state index < -0.39 is 10.0 Å². The highest BCUT2D eigenvalue weighted by molar-refractivity contribution is 7.91. The van der Waals surface area contributed by atoms with E-state index in [0.29, 0.717) is 10.8 Å². The van der Waals surface area contributed by atoms with E-state index in [-0.39, 0.29) is 6.54 Å². The molecule has 2 aromatic heterocycles.